The second-order valence-electron chi connectivity index (χ2n) is 9.70. The van der Waals surface area contributed by atoms with Crippen molar-refractivity contribution in [3.63, 3.8) is 0 Å². The summed E-state index contributed by atoms with van der Waals surface area (Å²) in [6.07, 6.45) is 5.26. The summed E-state index contributed by atoms with van der Waals surface area (Å²) in [6, 6.07) is 5.89. The van der Waals surface area contributed by atoms with Gasteiger partial charge in [-0.15, -0.1) is 0 Å². The average Bonchev–Trinajstić information content (AvgIpc) is 2.76. The van der Waals surface area contributed by atoms with Crippen molar-refractivity contribution >= 4 is 23.4 Å². The van der Waals surface area contributed by atoms with Gasteiger partial charge in [0.2, 0.25) is 0 Å². The second kappa shape index (κ2) is 5.64. The van der Waals surface area contributed by atoms with Gasteiger partial charge in [0.25, 0.3) is 5.56 Å². The smallest absolute Gasteiger partial charge is 0.492 e. The molecule has 0 atom stereocenters. The van der Waals surface area contributed by atoms with Gasteiger partial charge in [-0.2, -0.15) is 0 Å². The number of nitrogens with zero attached hydrogens (tertiary/aromatic N) is 1. The van der Waals surface area contributed by atoms with Crippen molar-refractivity contribution < 1.29 is 14.0 Å². The number of hydrogen-bond acceptors (Lipinski definition) is 4. The first kappa shape index (κ1) is 18.3. The van der Waals surface area contributed by atoms with Crippen LogP contribution >= 0.6 is 0 Å². The van der Waals surface area contributed by atoms with E-state index in [4.69, 9.17) is 14.0 Å². The molecule has 2 bridgehead atoms. The van der Waals surface area contributed by atoms with Crippen LogP contribution in [0, 0.1) is 5.92 Å². The summed E-state index contributed by atoms with van der Waals surface area (Å²) in [5.74, 6) is 1.58. The molecule has 4 fully saturated rings. The zero-order valence-electron chi connectivity index (χ0n) is 17.4. The lowest BCUT2D eigenvalue weighted by atomic mass is 9.49. The first-order valence-corrected chi connectivity index (χ1v) is 10.3. The molecule has 28 heavy (non-hydrogen) atoms. The van der Waals surface area contributed by atoms with E-state index in [0.717, 1.165) is 41.8 Å². The van der Waals surface area contributed by atoms with E-state index in [0.29, 0.717) is 12.0 Å². The highest BCUT2D eigenvalue weighted by atomic mass is 16.7. The monoisotopic (exact) mass is 381 g/mol. The molecule has 2 aromatic rings. The van der Waals surface area contributed by atoms with E-state index < -0.39 is 18.3 Å². The SMILES string of the molecule is CCOc1cn(C23CC(C2)C3)c(=O)c2cc(B3OC(C)(C)C(C)(C)O3)ccc12. The number of fused-ring (bicyclic) bond motifs is 1. The summed E-state index contributed by atoms with van der Waals surface area (Å²) in [4.78, 5) is 13.4. The number of aromatic nitrogens is 1. The molecule has 3 aliphatic carbocycles. The Labute approximate surface area is 166 Å². The molecule has 6 heteroatoms. The van der Waals surface area contributed by atoms with Crippen LogP contribution in [0.5, 0.6) is 5.75 Å². The number of hydrogen-bond donors (Lipinski definition) is 0. The molecule has 3 saturated carbocycles. The highest BCUT2D eigenvalue weighted by molar-refractivity contribution is 6.62. The van der Waals surface area contributed by atoms with Crippen molar-refractivity contribution in [2.24, 2.45) is 5.92 Å². The van der Waals surface area contributed by atoms with Gasteiger partial charge in [-0.05, 0) is 71.3 Å². The largest absolute Gasteiger partial charge is 0.494 e. The van der Waals surface area contributed by atoms with Crippen molar-refractivity contribution in [2.75, 3.05) is 6.61 Å². The van der Waals surface area contributed by atoms with Crippen molar-refractivity contribution in [1.29, 1.82) is 0 Å². The van der Waals surface area contributed by atoms with Crippen LogP contribution in [-0.4, -0.2) is 29.5 Å². The lowest BCUT2D eigenvalue weighted by Gasteiger charge is -2.62. The normalized spacial score (nSPS) is 29.5. The van der Waals surface area contributed by atoms with Crippen LogP contribution in [0.15, 0.2) is 29.2 Å². The Kier molecular flexibility index (Phi) is 3.68. The van der Waals surface area contributed by atoms with E-state index in [9.17, 15) is 4.79 Å². The van der Waals surface area contributed by atoms with Crippen LogP contribution in [-0.2, 0) is 14.8 Å². The van der Waals surface area contributed by atoms with Crippen molar-refractivity contribution in [3.8, 4) is 5.75 Å². The molecule has 1 saturated heterocycles. The minimum atomic E-state index is -0.479. The third-order valence-corrected chi connectivity index (χ3v) is 7.35. The Morgan fingerprint density at radius 3 is 2.29 bits per heavy atom. The Morgan fingerprint density at radius 1 is 1.11 bits per heavy atom. The fraction of sp³-hybridized carbons (Fsp3) is 0.591. The Bertz CT molecular complexity index is 992. The summed E-state index contributed by atoms with van der Waals surface area (Å²) in [5.41, 5.74) is 0.135. The van der Waals surface area contributed by atoms with Crippen LogP contribution in [0.4, 0.5) is 0 Å². The molecule has 0 spiro atoms. The van der Waals surface area contributed by atoms with Gasteiger partial charge in [0.05, 0.1) is 29.4 Å². The highest BCUT2D eigenvalue weighted by Gasteiger charge is 2.58. The van der Waals surface area contributed by atoms with E-state index in [1.54, 1.807) is 0 Å². The molecular weight excluding hydrogens is 353 g/mol. The van der Waals surface area contributed by atoms with Crippen LogP contribution < -0.4 is 15.8 Å². The van der Waals surface area contributed by atoms with Crippen molar-refractivity contribution in [2.45, 2.75) is 70.6 Å². The zero-order valence-corrected chi connectivity index (χ0v) is 17.4. The van der Waals surface area contributed by atoms with E-state index in [2.05, 4.69) is 0 Å². The van der Waals surface area contributed by atoms with E-state index >= 15 is 0 Å². The molecule has 1 aromatic carbocycles. The molecule has 0 N–H and O–H groups in total. The second-order valence-corrected chi connectivity index (χ2v) is 9.70. The van der Waals surface area contributed by atoms with Crippen LogP contribution in [0.25, 0.3) is 10.8 Å². The van der Waals surface area contributed by atoms with E-state index in [-0.39, 0.29) is 11.1 Å². The molecule has 4 aliphatic rings. The number of rotatable bonds is 4. The molecule has 148 valence electrons. The van der Waals surface area contributed by atoms with Gasteiger partial charge in [0.15, 0.2) is 0 Å². The Hall–Kier alpha value is -1.79. The fourth-order valence-corrected chi connectivity index (χ4v) is 4.81. The van der Waals surface area contributed by atoms with Crippen LogP contribution in [0.2, 0.25) is 0 Å². The minimum Gasteiger partial charge on any atom is -0.492 e. The third kappa shape index (κ3) is 2.37. The van der Waals surface area contributed by atoms with Gasteiger partial charge >= 0.3 is 7.12 Å². The molecule has 1 aliphatic heterocycles. The van der Waals surface area contributed by atoms with Gasteiger partial charge in [-0.25, -0.2) is 0 Å². The fourth-order valence-electron chi connectivity index (χ4n) is 4.81. The first-order chi connectivity index (χ1) is 13.2. The van der Waals surface area contributed by atoms with Crippen molar-refractivity contribution in [3.05, 3.63) is 34.7 Å². The maximum Gasteiger partial charge on any atom is 0.494 e. The predicted octanol–water partition coefficient (Wildman–Crippen LogP) is 3.21. The van der Waals surface area contributed by atoms with Gasteiger partial charge in [-0.3, -0.25) is 4.79 Å². The summed E-state index contributed by atoms with van der Waals surface area (Å²) in [7, 11) is -0.479. The average molecular weight is 381 g/mol. The zero-order chi connectivity index (χ0) is 19.9. The van der Waals surface area contributed by atoms with Gasteiger partial charge in [0.1, 0.15) is 5.75 Å². The molecule has 0 unspecified atom stereocenters. The molecule has 5 nitrogen and oxygen atoms in total. The van der Waals surface area contributed by atoms with Gasteiger partial charge in [0, 0.05) is 10.9 Å². The number of benzene rings is 1. The molecule has 1 aromatic heterocycles. The Balaban J connectivity index is 1.63. The standard InChI is InChI=1S/C22H28BNO4/c1-6-26-18-13-24(22-10-14(11-22)12-22)19(25)17-9-15(7-8-16(17)18)23-27-20(2,3)21(4,5)28-23/h7-9,13-14H,6,10-12H2,1-5H3. The molecule has 0 amide bonds. The van der Waals surface area contributed by atoms with Gasteiger partial charge in [-0.1, -0.05) is 12.1 Å². The lowest BCUT2D eigenvalue weighted by molar-refractivity contribution is -0.0913. The maximum atomic E-state index is 13.4. The molecule has 2 heterocycles. The molecule has 0 radical (unpaired) electrons. The minimum absolute atomic E-state index is 0.0160. The van der Waals surface area contributed by atoms with E-state index in [1.807, 2.05) is 63.6 Å². The summed E-state index contributed by atoms with van der Waals surface area (Å²) in [6.45, 7) is 10.7. The summed E-state index contributed by atoms with van der Waals surface area (Å²) < 4.78 is 20.2. The quantitative estimate of drug-likeness (QED) is 0.764. The maximum absolute atomic E-state index is 13.4. The van der Waals surface area contributed by atoms with Crippen LogP contribution in [0.3, 0.4) is 0 Å². The lowest BCUT2D eigenvalue weighted by Crippen LogP contribution is -2.62. The summed E-state index contributed by atoms with van der Waals surface area (Å²) >= 11 is 0. The van der Waals surface area contributed by atoms with Gasteiger partial charge < -0.3 is 18.6 Å². The van der Waals surface area contributed by atoms with Crippen molar-refractivity contribution in [1.82, 2.24) is 4.57 Å². The Morgan fingerprint density at radius 2 is 1.75 bits per heavy atom. The number of pyridine rings is 1. The number of ether oxygens (including phenoxy) is 1. The topological polar surface area (TPSA) is 49.7 Å². The highest BCUT2D eigenvalue weighted by Crippen LogP contribution is 2.62. The summed E-state index contributed by atoms with van der Waals surface area (Å²) in [5, 5.41) is 1.54. The third-order valence-electron chi connectivity index (χ3n) is 7.35. The van der Waals surface area contributed by atoms with Crippen LogP contribution in [0.1, 0.15) is 53.9 Å². The first-order valence-electron chi connectivity index (χ1n) is 10.3. The molecular formula is C22H28BNO4. The molecule has 6 rings (SSSR count). The van der Waals surface area contributed by atoms with E-state index in [1.165, 1.54) is 0 Å². The predicted molar refractivity (Wildman–Crippen MR) is 110 cm³/mol.